The lowest BCUT2D eigenvalue weighted by atomic mass is 10.1. The van der Waals surface area contributed by atoms with Gasteiger partial charge in [-0.1, -0.05) is 0 Å². The van der Waals surface area contributed by atoms with E-state index in [1.54, 1.807) is 13.0 Å². The zero-order valence-corrected chi connectivity index (χ0v) is 15.4. The van der Waals surface area contributed by atoms with Gasteiger partial charge in [0, 0.05) is 17.3 Å². The van der Waals surface area contributed by atoms with E-state index in [2.05, 4.69) is 15.2 Å². The molecule has 0 amide bonds. The van der Waals surface area contributed by atoms with Crippen molar-refractivity contribution >= 4 is 35.7 Å². The van der Waals surface area contributed by atoms with Crippen LogP contribution in [0.1, 0.15) is 17.5 Å². The molecule has 0 saturated heterocycles. The number of fused-ring (bicyclic) bond motifs is 1. The summed E-state index contributed by atoms with van der Waals surface area (Å²) in [5, 5.41) is 6.74. The largest absolute Gasteiger partial charge is 0.385 e. The first-order valence-electron chi connectivity index (χ1n) is 8.05. The number of rotatable bonds is 3. The molecule has 3 heterocycles. The molecule has 0 saturated carbocycles. The zero-order chi connectivity index (χ0) is 19.3. The molecule has 0 spiro atoms. The van der Waals surface area contributed by atoms with Crippen LogP contribution in [0.4, 0.5) is 30.6 Å². The van der Waals surface area contributed by atoms with Crippen molar-refractivity contribution in [2.75, 3.05) is 10.6 Å². The standard InChI is InChI=1S/C17H16F3N7.ClH/c1-9-8-14(25-24-9)27-15(17(19,20)10-2-4-11(18)5-3-10)23-13-7-6-12(21)26(13)16(27)22;/h2-8,16H,21-22H2,1H3,(H,24,25);1H. The Morgan fingerprint density at radius 2 is 1.82 bits per heavy atom. The number of amidine groups is 1. The van der Waals surface area contributed by atoms with Crippen LogP contribution in [0.5, 0.6) is 0 Å². The van der Waals surface area contributed by atoms with E-state index in [4.69, 9.17) is 11.5 Å². The lowest BCUT2D eigenvalue weighted by Gasteiger charge is -2.37. The Balaban J connectivity index is 0.00000225. The number of halogens is 4. The van der Waals surface area contributed by atoms with Crippen LogP contribution in [0.15, 0.2) is 47.5 Å². The molecule has 1 aliphatic heterocycles. The maximum Gasteiger partial charge on any atom is 0.330 e. The monoisotopic (exact) mass is 411 g/mol. The first-order valence-corrected chi connectivity index (χ1v) is 8.05. The highest BCUT2D eigenvalue weighted by molar-refractivity contribution is 6.05. The summed E-state index contributed by atoms with van der Waals surface area (Å²) in [4.78, 5) is 5.21. The zero-order valence-electron chi connectivity index (χ0n) is 14.6. The third-order valence-electron chi connectivity index (χ3n) is 4.33. The minimum atomic E-state index is -3.55. The van der Waals surface area contributed by atoms with Crippen LogP contribution in [0.25, 0.3) is 0 Å². The van der Waals surface area contributed by atoms with Crippen molar-refractivity contribution in [2.24, 2.45) is 10.7 Å². The first kappa shape index (κ1) is 19.8. The van der Waals surface area contributed by atoms with Crippen LogP contribution in [-0.2, 0) is 5.92 Å². The number of H-pyrrole nitrogens is 1. The molecule has 28 heavy (non-hydrogen) atoms. The van der Waals surface area contributed by atoms with Crippen LogP contribution in [0.2, 0.25) is 0 Å². The van der Waals surface area contributed by atoms with Gasteiger partial charge >= 0.3 is 5.92 Å². The highest BCUT2D eigenvalue weighted by Gasteiger charge is 2.47. The Morgan fingerprint density at radius 1 is 1.14 bits per heavy atom. The predicted octanol–water partition coefficient (Wildman–Crippen LogP) is 3.42. The van der Waals surface area contributed by atoms with Gasteiger partial charge < -0.3 is 5.73 Å². The molecule has 3 aromatic rings. The number of aromatic nitrogens is 3. The van der Waals surface area contributed by atoms with E-state index in [9.17, 15) is 4.39 Å². The van der Waals surface area contributed by atoms with Crippen LogP contribution < -0.4 is 16.4 Å². The Morgan fingerprint density at radius 3 is 2.43 bits per heavy atom. The van der Waals surface area contributed by atoms with Crippen LogP contribution >= 0.6 is 12.4 Å². The highest BCUT2D eigenvalue weighted by atomic mass is 35.5. The molecule has 1 unspecified atom stereocenters. The molecule has 2 aromatic heterocycles. The molecular weight excluding hydrogens is 395 g/mol. The van der Waals surface area contributed by atoms with Gasteiger partial charge in [0.05, 0.1) is 0 Å². The van der Waals surface area contributed by atoms with Gasteiger partial charge in [-0.25, -0.2) is 9.38 Å². The third-order valence-corrected chi connectivity index (χ3v) is 4.33. The second kappa shape index (κ2) is 6.88. The average Bonchev–Trinajstić information content (AvgIpc) is 3.21. The summed E-state index contributed by atoms with van der Waals surface area (Å²) in [6.45, 7) is 1.73. The molecule has 1 aromatic carbocycles. The van der Waals surface area contributed by atoms with E-state index in [0.29, 0.717) is 5.69 Å². The fourth-order valence-corrected chi connectivity index (χ4v) is 3.02. The number of nitrogens with two attached hydrogens (primary N) is 2. The number of hydrogen-bond donors (Lipinski definition) is 3. The van der Waals surface area contributed by atoms with E-state index in [0.717, 1.165) is 29.2 Å². The van der Waals surface area contributed by atoms with Crippen molar-refractivity contribution in [3.05, 3.63) is 59.5 Å². The Kier molecular flexibility index (Phi) is 4.86. The van der Waals surface area contributed by atoms with Crippen LogP contribution in [-0.4, -0.2) is 20.6 Å². The Hall–Kier alpha value is -2.98. The number of aryl methyl sites for hydroxylation is 1. The smallest absolute Gasteiger partial charge is 0.330 e. The molecule has 11 heteroatoms. The van der Waals surface area contributed by atoms with Gasteiger partial charge in [-0.2, -0.15) is 13.9 Å². The normalized spacial score (nSPS) is 16.4. The van der Waals surface area contributed by atoms with Gasteiger partial charge in [0.15, 0.2) is 17.9 Å². The molecule has 1 atom stereocenters. The molecule has 0 bridgehead atoms. The average molecular weight is 412 g/mol. The van der Waals surface area contributed by atoms with Crippen molar-refractivity contribution in [1.82, 2.24) is 14.8 Å². The van der Waals surface area contributed by atoms with Gasteiger partial charge in [-0.15, -0.1) is 12.4 Å². The Labute approximate surface area is 164 Å². The number of hydrogen-bond acceptors (Lipinski definition) is 5. The first-order chi connectivity index (χ1) is 12.8. The lowest BCUT2D eigenvalue weighted by Crippen LogP contribution is -2.51. The van der Waals surface area contributed by atoms with Gasteiger partial charge in [0.2, 0.25) is 0 Å². The third kappa shape index (κ3) is 3.00. The molecule has 4 rings (SSSR count). The summed E-state index contributed by atoms with van der Waals surface area (Å²) in [7, 11) is 0. The number of nitrogens with zero attached hydrogens (tertiary/aromatic N) is 4. The van der Waals surface area contributed by atoms with Gasteiger partial charge in [0.1, 0.15) is 17.5 Å². The summed E-state index contributed by atoms with van der Waals surface area (Å²) in [6, 6.07) is 8.57. The quantitative estimate of drug-likeness (QED) is 0.614. The van der Waals surface area contributed by atoms with Crippen LogP contribution in [0, 0.1) is 12.7 Å². The second-order valence-electron chi connectivity index (χ2n) is 6.20. The minimum Gasteiger partial charge on any atom is -0.385 e. The number of anilines is 2. The fourth-order valence-electron chi connectivity index (χ4n) is 3.02. The summed E-state index contributed by atoms with van der Waals surface area (Å²) < 4.78 is 45.3. The van der Waals surface area contributed by atoms with E-state index < -0.39 is 29.4 Å². The maximum atomic E-state index is 15.4. The van der Waals surface area contributed by atoms with Gasteiger partial charge in [-0.3, -0.25) is 20.3 Å². The summed E-state index contributed by atoms with van der Waals surface area (Å²) in [6.07, 6.45) is -1.09. The van der Waals surface area contributed by atoms with Gasteiger partial charge in [0.25, 0.3) is 0 Å². The number of aliphatic imine (C=N–C) groups is 1. The molecule has 148 valence electrons. The molecule has 1 aliphatic rings. The van der Waals surface area contributed by atoms with E-state index in [-0.39, 0.29) is 29.9 Å². The molecule has 7 nitrogen and oxygen atoms in total. The van der Waals surface area contributed by atoms with Crippen molar-refractivity contribution in [3.8, 4) is 0 Å². The minimum absolute atomic E-state index is 0. The topological polar surface area (TPSA) is 101 Å². The summed E-state index contributed by atoms with van der Waals surface area (Å²) >= 11 is 0. The molecule has 5 N–H and O–H groups in total. The second-order valence-corrected chi connectivity index (χ2v) is 6.20. The summed E-state index contributed by atoms with van der Waals surface area (Å²) in [5.41, 5.74) is 12.4. The van der Waals surface area contributed by atoms with Gasteiger partial charge in [-0.05, 0) is 43.3 Å². The number of nitrogens with one attached hydrogen (secondary N) is 1. The lowest BCUT2D eigenvalue weighted by molar-refractivity contribution is 0.0718. The summed E-state index contributed by atoms with van der Waals surface area (Å²) in [5.74, 6) is -4.15. The Bertz CT molecular complexity index is 1030. The van der Waals surface area contributed by atoms with Crippen LogP contribution in [0.3, 0.4) is 0 Å². The molecule has 0 fully saturated rings. The maximum absolute atomic E-state index is 15.4. The number of benzene rings is 1. The predicted molar refractivity (Wildman–Crippen MR) is 103 cm³/mol. The molecular formula is C17H17ClF3N7. The van der Waals surface area contributed by atoms with Crippen molar-refractivity contribution in [1.29, 1.82) is 0 Å². The molecule has 0 aliphatic carbocycles. The number of nitrogen functional groups attached to an aromatic ring is 1. The van der Waals surface area contributed by atoms with Crippen molar-refractivity contribution < 1.29 is 13.2 Å². The fraction of sp³-hybridized carbons (Fsp3) is 0.176. The van der Waals surface area contributed by atoms with E-state index >= 15 is 8.78 Å². The highest BCUT2D eigenvalue weighted by Crippen LogP contribution is 2.40. The SMILES string of the molecule is Cc1cc(N2C(C(F)(F)c3ccc(F)cc3)=Nc3ccc(N)n3C2N)n[nH]1.Cl. The van der Waals surface area contributed by atoms with Crippen molar-refractivity contribution in [3.63, 3.8) is 0 Å². The van der Waals surface area contributed by atoms with Crippen molar-refractivity contribution in [2.45, 2.75) is 19.1 Å². The number of alkyl halides is 2. The van der Waals surface area contributed by atoms with E-state index in [1.165, 1.54) is 16.7 Å². The van der Waals surface area contributed by atoms with E-state index in [1.807, 2.05) is 0 Å². The molecule has 0 radical (unpaired) electrons. The number of aromatic amines is 1.